The molecule has 0 aromatic heterocycles. The van der Waals surface area contributed by atoms with Crippen LogP contribution < -0.4 is 0 Å². The quantitative estimate of drug-likeness (QED) is 0.544. The van der Waals surface area contributed by atoms with Crippen molar-refractivity contribution in [2.24, 2.45) is 0 Å². The van der Waals surface area contributed by atoms with Gasteiger partial charge in [-0.3, -0.25) is 4.89 Å². The second-order valence-corrected chi connectivity index (χ2v) is 2.93. The molecule has 1 fully saturated rings. The first kappa shape index (κ1) is 10.4. The van der Waals surface area contributed by atoms with Crippen LogP contribution in [0.5, 0.6) is 0 Å². The standard InChI is InChI=1S/C8H14O5/c9-8-6-4-2-1-3-5-7-10-12-13-11-8/h1-7H2. The molecule has 0 saturated carbocycles. The number of rotatable bonds is 0. The van der Waals surface area contributed by atoms with E-state index >= 15 is 0 Å². The summed E-state index contributed by atoms with van der Waals surface area (Å²) < 4.78 is 0. The molecule has 5 nitrogen and oxygen atoms in total. The van der Waals surface area contributed by atoms with Crippen molar-refractivity contribution in [3.8, 4) is 0 Å². The van der Waals surface area contributed by atoms with Crippen molar-refractivity contribution < 1.29 is 24.6 Å². The highest BCUT2D eigenvalue weighted by atomic mass is 17.7. The second-order valence-electron chi connectivity index (χ2n) is 2.93. The van der Waals surface area contributed by atoms with Crippen LogP contribution in [0.3, 0.4) is 0 Å². The van der Waals surface area contributed by atoms with Gasteiger partial charge in [0.1, 0.15) is 0 Å². The Kier molecular flexibility index (Phi) is 5.47. The highest BCUT2D eigenvalue weighted by molar-refractivity contribution is 5.68. The Labute approximate surface area is 76.7 Å². The molecule has 5 heteroatoms. The minimum absolute atomic E-state index is 0.364. The second kappa shape index (κ2) is 6.82. The third-order valence-corrected chi connectivity index (χ3v) is 1.81. The van der Waals surface area contributed by atoms with Crippen LogP contribution >= 0.6 is 0 Å². The van der Waals surface area contributed by atoms with Gasteiger partial charge in [0.05, 0.1) is 6.61 Å². The van der Waals surface area contributed by atoms with Crippen LogP contribution in [-0.4, -0.2) is 12.6 Å². The molecule has 0 radical (unpaired) electrons. The van der Waals surface area contributed by atoms with Crippen molar-refractivity contribution in [2.45, 2.75) is 38.5 Å². The molecular formula is C8H14O5. The molecule has 0 aliphatic carbocycles. The summed E-state index contributed by atoms with van der Waals surface area (Å²) in [6, 6.07) is 0. The Morgan fingerprint density at radius 1 is 0.923 bits per heavy atom. The first-order valence-electron chi connectivity index (χ1n) is 4.55. The van der Waals surface area contributed by atoms with Crippen molar-refractivity contribution >= 4 is 5.97 Å². The lowest BCUT2D eigenvalue weighted by Crippen LogP contribution is -2.07. The normalized spacial score (nSPS) is 22.6. The fraction of sp³-hybridized carbons (Fsp3) is 0.875. The molecule has 0 atom stereocenters. The van der Waals surface area contributed by atoms with Crippen LogP contribution in [0.1, 0.15) is 38.5 Å². The van der Waals surface area contributed by atoms with E-state index in [0.717, 1.165) is 32.1 Å². The van der Waals surface area contributed by atoms with Gasteiger partial charge in [0.2, 0.25) is 0 Å². The minimum atomic E-state index is -0.427. The maximum absolute atomic E-state index is 10.8. The van der Waals surface area contributed by atoms with E-state index in [-0.39, 0.29) is 0 Å². The van der Waals surface area contributed by atoms with E-state index in [0.29, 0.717) is 13.0 Å². The summed E-state index contributed by atoms with van der Waals surface area (Å²) in [6.07, 6.45) is 5.36. The van der Waals surface area contributed by atoms with Crippen molar-refractivity contribution in [2.75, 3.05) is 6.61 Å². The third-order valence-electron chi connectivity index (χ3n) is 1.81. The largest absolute Gasteiger partial charge is 0.345 e. The van der Waals surface area contributed by atoms with E-state index in [1.165, 1.54) is 0 Å². The molecule has 0 aromatic carbocycles. The van der Waals surface area contributed by atoms with E-state index in [1.54, 1.807) is 0 Å². The van der Waals surface area contributed by atoms with Crippen LogP contribution in [0.4, 0.5) is 0 Å². The Hall–Kier alpha value is -0.650. The van der Waals surface area contributed by atoms with Crippen LogP contribution in [0.2, 0.25) is 0 Å². The average molecular weight is 190 g/mol. The molecule has 13 heavy (non-hydrogen) atoms. The smallest absolute Gasteiger partial charge is 0.267 e. The summed E-state index contributed by atoms with van der Waals surface area (Å²) in [5.41, 5.74) is 0. The molecular weight excluding hydrogens is 176 g/mol. The average Bonchev–Trinajstić information content (AvgIpc) is 2.11. The van der Waals surface area contributed by atoms with Crippen LogP contribution in [0.15, 0.2) is 0 Å². The van der Waals surface area contributed by atoms with Gasteiger partial charge in [0, 0.05) is 11.5 Å². The number of carbonyl (C=O) groups excluding carboxylic acids is 1. The first-order chi connectivity index (χ1) is 6.39. The molecule has 0 aromatic rings. The number of hydrogen-bond acceptors (Lipinski definition) is 5. The SMILES string of the molecule is O=C1CCCCCCCOOOO1. The zero-order chi connectivity index (χ0) is 9.36. The topological polar surface area (TPSA) is 54.0 Å². The van der Waals surface area contributed by atoms with Gasteiger partial charge < -0.3 is 0 Å². The van der Waals surface area contributed by atoms with Crippen LogP contribution in [0.25, 0.3) is 0 Å². The Morgan fingerprint density at radius 2 is 1.69 bits per heavy atom. The Bertz CT molecular complexity index is 133. The molecule has 1 rings (SSSR count). The summed E-state index contributed by atoms with van der Waals surface area (Å²) in [5.74, 6) is -0.427. The molecule has 76 valence electrons. The van der Waals surface area contributed by atoms with E-state index in [4.69, 9.17) is 0 Å². The molecule has 0 spiro atoms. The maximum Gasteiger partial charge on any atom is 0.345 e. The van der Waals surface area contributed by atoms with E-state index in [2.05, 4.69) is 19.9 Å². The molecule has 1 aliphatic rings. The third kappa shape index (κ3) is 5.57. The maximum atomic E-state index is 10.8. The van der Waals surface area contributed by atoms with Gasteiger partial charge in [-0.05, 0) is 17.9 Å². The molecule has 1 aliphatic heterocycles. The number of hydrogen-bond donors (Lipinski definition) is 0. The summed E-state index contributed by atoms with van der Waals surface area (Å²) in [4.78, 5) is 19.6. The van der Waals surface area contributed by atoms with Gasteiger partial charge in [-0.2, -0.15) is 0 Å². The lowest BCUT2D eigenvalue weighted by molar-refractivity contribution is -0.617. The van der Waals surface area contributed by atoms with Crippen molar-refractivity contribution in [1.82, 2.24) is 0 Å². The van der Waals surface area contributed by atoms with Gasteiger partial charge in [0.15, 0.2) is 0 Å². The van der Waals surface area contributed by atoms with Crippen molar-refractivity contribution in [3.05, 3.63) is 0 Å². The lowest BCUT2D eigenvalue weighted by atomic mass is 10.1. The van der Waals surface area contributed by atoms with Gasteiger partial charge >= 0.3 is 5.97 Å². The van der Waals surface area contributed by atoms with Crippen molar-refractivity contribution in [1.29, 1.82) is 0 Å². The zero-order valence-corrected chi connectivity index (χ0v) is 7.49. The lowest BCUT2D eigenvalue weighted by Gasteiger charge is -2.05. The van der Waals surface area contributed by atoms with Gasteiger partial charge in [0.25, 0.3) is 0 Å². The Morgan fingerprint density at radius 3 is 2.62 bits per heavy atom. The molecule has 0 bridgehead atoms. The molecule has 0 unspecified atom stereocenters. The first-order valence-corrected chi connectivity index (χ1v) is 4.55. The molecule has 1 saturated heterocycles. The Balaban J connectivity index is 2.14. The zero-order valence-electron chi connectivity index (χ0n) is 7.49. The predicted octanol–water partition coefficient (Wildman–Crippen LogP) is 1.68. The van der Waals surface area contributed by atoms with Crippen LogP contribution in [-0.2, 0) is 24.6 Å². The molecule has 0 N–H and O–H groups in total. The van der Waals surface area contributed by atoms with Crippen molar-refractivity contribution in [3.63, 3.8) is 0 Å². The molecule has 0 amide bonds. The van der Waals surface area contributed by atoms with E-state index in [1.807, 2.05) is 0 Å². The minimum Gasteiger partial charge on any atom is -0.267 e. The van der Waals surface area contributed by atoms with Crippen LogP contribution in [0, 0.1) is 0 Å². The summed E-state index contributed by atoms with van der Waals surface area (Å²) in [6.45, 7) is 0.456. The molecule has 1 heterocycles. The summed E-state index contributed by atoms with van der Waals surface area (Å²) in [5, 5.41) is 8.18. The highest BCUT2D eigenvalue weighted by Crippen LogP contribution is 2.07. The number of carbonyl (C=O) groups is 1. The van der Waals surface area contributed by atoms with E-state index in [9.17, 15) is 4.79 Å². The van der Waals surface area contributed by atoms with Gasteiger partial charge in [-0.1, -0.05) is 19.3 Å². The summed E-state index contributed by atoms with van der Waals surface area (Å²) in [7, 11) is 0. The highest BCUT2D eigenvalue weighted by Gasteiger charge is 2.05. The predicted molar refractivity (Wildman–Crippen MR) is 41.9 cm³/mol. The van der Waals surface area contributed by atoms with Gasteiger partial charge in [-0.15, -0.1) is 0 Å². The fourth-order valence-corrected chi connectivity index (χ4v) is 1.11. The monoisotopic (exact) mass is 190 g/mol. The fourth-order valence-electron chi connectivity index (χ4n) is 1.11. The van der Waals surface area contributed by atoms with E-state index < -0.39 is 5.97 Å². The van der Waals surface area contributed by atoms with Gasteiger partial charge in [-0.25, -0.2) is 9.68 Å². The summed E-state index contributed by atoms with van der Waals surface area (Å²) >= 11 is 0.